The van der Waals surface area contributed by atoms with Crippen molar-refractivity contribution in [2.75, 3.05) is 34.3 Å². The lowest BCUT2D eigenvalue weighted by atomic mass is 9.73. The van der Waals surface area contributed by atoms with Gasteiger partial charge in [0.05, 0.1) is 6.10 Å². The highest BCUT2D eigenvalue weighted by Crippen LogP contribution is 2.33. The number of hydrogen-bond acceptors (Lipinski definition) is 4. The van der Waals surface area contributed by atoms with Gasteiger partial charge in [-0.15, -0.1) is 0 Å². The summed E-state index contributed by atoms with van der Waals surface area (Å²) in [6, 6.07) is 0. The summed E-state index contributed by atoms with van der Waals surface area (Å²) in [5.74, 6) is -0.269. The van der Waals surface area contributed by atoms with E-state index in [1.807, 2.05) is 14.1 Å². The summed E-state index contributed by atoms with van der Waals surface area (Å²) in [6.45, 7) is 1.67. The van der Waals surface area contributed by atoms with Crippen LogP contribution in [0.1, 0.15) is 12.8 Å². The summed E-state index contributed by atoms with van der Waals surface area (Å²) >= 11 is 0. The van der Waals surface area contributed by atoms with Crippen LogP contribution < -0.4 is 11.1 Å². The van der Waals surface area contributed by atoms with Crippen molar-refractivity contribution in [3.63, 3.8) is 0 Å². The number of carbonyl (C=O) groups excluding carboxylic acids is 1. The zero-order valence-electron chi connectivity index (χ0n) is 9.75. The minimum absolute atomic E-state index is 0.171. The molecule has 0 heterocycles. The zero-order chi connectivity index (χ0) is 11.5. The molecule has 0 aromatic heterocycles. The molecule has 0 atom stereocenters. The molecule has 5 nitrogen and oxygen atoms in total. The first-order valence-electron chi connectivity index (χ1n) is 5.22. The van der Waals surface area contributed by atoms with Gasteiger partial charge < -0.3 is 20.7 Å². The minimum Gasteiger partial charge on any atom is -0.381 e. The van der Waals surface area contributed by atoms with Crippen molar-refractivity contribution in [1.82, 2.24) is 10.2 Å². The second kappa shape index (κ2) is 4.92. The Morgan fingerprint density at radius 3 is 2.60 bits per heavy atom. The summed E-state index contributed by atoms with van der Waals surface area (Å²) in [7, 11) is 5.66. The molecule has 0 saturated heterocycles. The van der Waals surface area contributed by atoms with Crippen LogP contribution in [0.15, 0.2) is 0 Å². The fourth-order valence-electron chi connectivity index (χ4n) is 1.84. The Bertz CT molecular complexity index is 225. The van der Waals surface area contributed by atoms with E-state index in [-0.39, 0.29) is 12.0 Å². The van der Waals surface area contributed by atoms with E-state index in [2.05, 4.69) is 10.2 Å². The Balaban J connectivity index is 2.37. The largest absolute Gasteiger partial charge is 0.381 e. The van der Waals surface area contributed by atoms with E-state index in [9.17, 15) is 4.79 Å². The van der Waals surface area contributed by atoms with Crippen LogP contribution in [0, 0.1) is 0 Å². The third-order valence-corrected chi connectivity index (χ3v) is 2.98. The van der Waals surface area contributed by atoms with Crippen LogP contribution in [0.4, 0.5) is 0 Å². The molecule has 1 rings (SSSR count). The minimum atomic E-state index is -0.531. The molecule has 5 heteroatoms. The van der Waals surface area contributed by atoms with Crippen molar-refractivity contribution in [2.45, 2.75) is 24.5 Å². The number of carbonyl (C=O) groups is 1. The Morgan fingerprint density at radius 2 is 2.20 bits per heavy atom. The van der Waals surface area contributed by atoms with Gasteiger partial charge in [0.25, 0.3) is 0 Å². The first-order valence-corrected chi connectivity index (χ1v) is 5.22. The van der Waals surface area contributed by atoms with Gasteiger partial charge >= 0.3 is 0 Å². The van der Waals surface area contributed by atoms with Crippen molar-refractivity contribution in [2.24, 2.45) is 5.73 Å². The second-order valence-corrected chi connectivity index (χ2v) is 4.44. The van der Waals surface area contributed by atoms with Gasteiger partial charge in [-0.3, -0.25) is 4.79 Å². The van der Waals surface area contributed by atoms with Crippen LogP contribution in [0.2, 0.25) is 0 Å². The third-order valence-electron chi connectivity index (χ3n) is 2.98. The van der Waals surface area contributed by atoms with Crippen LogP contribution >= 0.6 is 0 Å². The number of methoxy groups -OCH3 is 1. The molecule has 1 fully saturated rings. The SMILES string of the molecule is COC1CC(NCCN(C)C)(C(N)=O)C1. The summed E-state index contributed by atoms with van der Waals surface area (Å²) < 4.78 is 5.16. The molecule has 1 aliphatic rings. The molecule has 0 spiro atoms. The molecule has 0 unspecified atom stereocenters. The summed E-state index contributed by atoms with van der Waals surface area (Å²) in [6.07, 6.45) is 1.54. The Hall–Kier alpha value is -0.650. The predicted octanol–water partition coefficient (Wildman–Crippen LogP) is -0.829. The molecule has 1 amide bonds. The van der Waals surface area contributed by atoms with Gasteiger partial charge in [-0.1, -0.05) is 0 Å². The third kappa shape index (κ3) is 2.90. The number of nitrogens with two attached hydrogens (primary N) is 1. The molecule has 0 aliphatic heterocycles. The molecule has 0 aromatic carbocycles. The number of nitrogens with one attached hydrogen (secondary N) is 1. The first kappa shape index (κ1) is 12.4. The van der Waals surface area contributed by atoms with Gasteiger partial charge in [0.1, 0.15) is 5.54 Å². The van der Waals surface area contributed by atoms with Crippen molar-refractivity contribution < 1.29 is 9.53 Å². The lowest BCUT2D eigenvalue weighted by molar-refractivity contribution is -0.135. The van der Waals surface area contributed by atoms with Crippen LogP contribution in [0.5, 0.6) is 0 Å². The quantitative estimate of drug-likeness (QED) is 0.607. The fourth-order valence-corrected chi connectivity index (χ4v) is 1.84. The van der Waals surface area contributed by atoms with Gasteiger partial charge in [0.15, 0.2) is 0 Å². The molecule has 1 aliphatic carbocycles. The normalized spacial score (nSPS) is 30.3. The number of likely N-dealkylation sites (N-methyl/N-ethyl adjacent to an activating group) is 1. The molecule has 0 radical (unpaired) electrons. The summed E-state index contributed by atoms with van der Waals surface area (Å²) in [5, 5.41) is 3.23. The highest BCUT2D eigenvalue weighted by molar-refractivity contribution is 5.86. The number of ether oxygens (including phenoxy) is 1. The van der Waals surface area contributed by atoms with Crippen LogP contribution in [0.3, 0.4) is 0 Å². The standard InChI is InChI=1S/C10H21N3O2/c1-13(2)5-4-12-10(9(11)14)6-8(7-10)15-3/h8,12H,4-7H2,1-3H3,(H2,11,14). The zero-order valence-corrected chi connectivity index (χ0v) is 9.75. The van der Waals surface area contributed by atoms with E-state index in [0.717, 1.165) is 13.1 Å². The average Bonchev–Trinajstić information content (AvgIpc) is 2.07. The van der Waals surface area contributed by atoms with E-state index in [1.54, 1.807) is 7.11 Å². The maximum Gasteiger partial charge on any atom is 0.237 e. The van der Waals surface area contributed by atoms with Gasteiger partial charge in [-0.25, -0.2) is 0 Å². The maximum absolute atomic E-state index is 11.3. The molecular formula is C10H21N3O2. The maximum atomic E-state index is 11.3. The lowest BCUT2D eigenvalue weighted by Gasteiger charge is -2.45. The predicted molar refractivity (Wildman–Crippen MR) is 58.5 cm³/mol. The van der Waals surface area contributed by atoms with Crippen LogP contribution in [-0.2, 0) is 9.53 Å². The van der Waals surface area contributed by atoms with Gasteiger partial charge in [-0.05, 0) is 14.1 Å². The van der Waals surface area contributed by atoms with Gasteiger partial charge in [0.2, 0.25) is 5.91 Å². The van der Waals surface area contributed by atoms with E-state index >= 15 is 0 Å². The number of hydrogen-bond donors (Lipinski definition) is 2. The Kier molecular flexibility index (Phi) is 4.07. The number of nitrogens with zero attached hydrogens (tertiary/aromatic N) is 1. The number of primary amides is 1. The van der Waals surface area contributed by atoms with E-state index in [4.69, 9.17) is 10.5 Å². The van der Waals surface area contributed by atoms with Crippen molar-refractivity contribution in [3.8, 4) is 0 Å². The topological polar surface area (TPSA) is 67.6 Å². The van der Waals surface area contributed by atoms with Gasteiger partial charge in [-0.2, -0.15) is 0 Å². The molecule has 15 heavy (non-hydrogen) atoms. The molecule has 3 N–H and O–H groups in total. The Labute approximate surface area is 90.9 Å². The van der Waals surface area contributed by atoms with E-state index in [0.29, 0.717) is 12.8 Å². The van der Waals surface area contributed by atoms with Crippen molar-refractivity contribution in [3.05, 3.63) is 0 Å². The molecule has 0 bridgehead atoms. The van der Waals surface area contributed by atoms with Crippen molar-refractivity contribution in [1.29, 1.82) is 0 Å². The number of rotatable bonds is 6. The highest BCUT2D eigenvalue weighted by Gasteiger charge is 2.48. The van der Waals surface area contributed by atoms with Crippen molar-refractivity contribution >= 4 is 5.91 Å². The average molecular weight is 215 g/mol. The molecular weight excluding hydrogens is 194 g/mol. The molecule has 88 valence electrons. The van der Waals surface area contributed by atoms with Crippen LogP contribution in [0.25, 0.3) is 0 Å². The smallest absolute Gasteiger partial charge is 0.237 e. The number of amides is 1. The Morgan fingerprint density at radius 1 is 1.60 bits per heavy atom. The molecule has 0 aromatic rings. The summed E-state index contributed by atoms with van der Waals surface area (Å²) in [4.78, 5) is 13.4. The monoisotopic (exact) mass is 215 g/mol. The first-order chi connectivity index (χ1) is 7.00. The lowest BCUT2D eigenvalue weighted by Crippen LogP contribution is -2.66. The highest BCUT2D eigenvalue weighted by atomic mass is 16.5. The van der Waals surface area contributed by atoms with E-state index in [1.165, 1.54) is 0 Å². The fraction of sp³-hybridized carbons (Fsp3) is 0.900. The van der Waals surface area contributed by atoms with E-state index < -0.39 is 5.54 Å². The summed E-state index contributed by atoms with van der Waals surface area (Å²) in [5.41, 5.74) is 4.86. The van der Waals surface area contributed by atoms with Crippen LogP contribution in [-0.4, -0.2) is 56.7 Å². The second-order valence-electron chi connectivity index (χ2n) is 4.44. The molecule has 1 saturated carbocycles. The van der Waals surface area contributed by atoms with Gasteiger partial charge in [0, 0.05) is 33.0 Å².